The van der Waals surface area contributed by atoms with Crippen LogP contribution in [0, 0.1) is 0 Å². The molecule has 0 bridgehead atoms. The quantitative estimate of drug-likeness (QED) is 0.335. The number of rotatable bonds is 4. The lowest BCUT2D eigenvalue weighted by molar-refractivity contribution is -0.137. The Morgan fingerprint density at radius 3 is 2.82 bits per heavy atom. The fourth-order valence-electron chi connectivity index (χ4n) is 0.454. The lowest BCUT2D eigenvalue weighted by atomic mass is 10.6. The smallest absolute Gasteiger partial charge is 0.338 e. The van der Waals surface area contributed by atoms with Crippen LogP contribution in [0.25, 0.3) is 0 Å². The van der Waals surface area contributed by atoms with Gasteiger partial charge in [-0.15, -0.1) is 5.73 Å². The van der Waals surface area contributed by atoms with Gasteiger partial charge in [0.2, 0.25) is 0 Å². The summed E-state index contributed by atoms with van der Waals surface area (Å²) >= 11 is 0. The maximum absolute atomic E-state index is 10.6. The van der Waals surface area contributed by atoms with Crippen molar-refractivity contribution in [1.82, 2.24) is 4.90 Å². The van der Waals surface area contributed by atoms with E-state index in [0.29, 0.717) is 6.61 Å². The zero-order chi connectivity index (χ0) is 8.69. The lowest BCUT2D eigenvalue weighted by Crippen LogP contribution is -2.19. The number of carbonyl (C=O) groups excluding carboxylic acids is 1. The molecule has 0 fully saturated rings. The average Bonchev–Trinajstić information content (AvgIpc) is 1.87. The second-order valence-electron chi connectivity index (χ2n) is 2.32. The Morgan fingerprint density at radius 1 is 1.73 bits per heavy atom. The number of nitrogens with zero attached hydrogens (tertiary/aromatic N) is 1. The van der Waals surface area contributed by atoms with Crippen LogP contribution in [0.5, 0.6) is 0 Å². The minimum atomic E-state index is -0.387. The van der Waals surface area contributed by atoms with Crippen LogP contribution in [0.3, 0.4) is 0 Å². The van der Waals surface area contributed by atoms with Crippen LogP contribution in [0.1, 0.15) is 0 Å². The fourth-order valence-corrected chi connectivity index (χ4v) is 0.454. The van der Waals surface area contributed by atoms with Crippen molar-refractivity contribution in [3.05, 3.63) is 18.4 Å². The summed E-state index contributed by atoms with van der Waals surface area (Å²) in [5.41, 5.74) is 2.34. The zero-order valence-electron chi connectivity index (χ0n) is 6.96. The van der Waals surface area contributed by atoms with E-state index in [9.17, 15) is 4.79 Å². The summed E-state index contributed by atoms with van der Waals surface area (Å²) in [5.74, 6) is -0.387. The predicted molar refractivity (Wildman–Crippen MR) is 43.2 cm³/mol. The van der Waals surface area contributed by atoms with E-state index in [2.05, 4.69) is 12.3 Å². The van der Waals surface area contributed by atoms with Crippen molar-refractivity contribution in [2.24, 2.45) is 0 Å². The molecule has 0 spiro atoms. The summed E-state index contributed by atoms with van der Waals surface area (Å²) in [6.07, 6.45) is 1.18. The van der Waals surface area contributed by atoms with Gasteiger partial charge in [0.05, 0.1) is 6.08 Å². The number of hydrogen-bond acceptors (Lipinski definition) is 3. The third kappa shape index (κ3) is 6.84. The first kappa shape index (κ1) is 9.95. The molecule has 0 N–H and O–H groups in total. The molecule has 3 heteroatoms. The van der Waals surface area contributed by atoms with E-state index in [4.69, 9.17) is 4.74 Å². The van der Waals surface area contributed by atoms with Crippen molar-refractivity contribution in [3.8, 4) is 0 Å². The maximum atomic E-state index is 10.6. The van der Waals surface area contributed by atoms with Crippen LogP contribution in [-0.2, 0) is 9.53 Å². The molecule has 0 saturated heterocycles. The van der Waals surface area contributed by atoms with E-state index in [1.165, 1.54) is 6.08 Å². The van der Waals surface area contributed by atoms with E-state index < -0.39 is 0 Å². The Hall–Kier alpha value is -1.05. The van der Waals surface area contributed by atoms with Gasteiger partial charge in [0.15, 0.2) is 0 Å². The topological polar surface area (TPSA) is 29.5 Å². The monoisotopic (exact) mass is 155 g/mol. The summed E-state index contributed by atoms with van der Waals surface area (Å²) in [4.78, 5) is 12.6. The van der Waals surface area contributed by atoms with Crippen molar-refractivity contribution in [2.45, 2.75) is 0 Å². The Kier molecular flexibility index (Phi) is 5.17. The lowest BCUT2D eigenvalue weighted by Gasteiger charge is -2.07. The van der Waals surface area contributed by atoms with Gasteiger partial charge in [0, 0.05) is 6.54 Å². The van der Waals surface area contributed by atoms with E-state index in [1.807, 2.05) is 19.0 Å². The molecule has 0 amide bonds. The van der Waals surface area contributed by atoms with Crippen LogP contribution < -0.4 is 0 Å². The van der Waals surface area contributed by atoms with Crippen LogP contribution in [0.15, 0.2) is 18.4 Å². The van der Waals surface area contributed by atoms with Gasteiger partial charge in [-0.05, 0) is 14.1 Å². The second-order valence-corrected chi connectivity index (χ2v) is 2.32. The van der Waals surface area contributed by atoms with Gasteiger partial charge in [-0.25, -0.2) is 4.79 Å². The standard InChI is InChI=1S/C8H13NO2/c1-4-5-8(10)11-7-6-9(2)3/h5H,1,6-7H2,2-3H3. The molecule has 0 radical (unpaired) electrons. The molecule has 0 aromatic carbocycles. The van der Waals surface area contributed by atoms with Gasteiger partial charge < -0.3 is 9.64 Å². The first-order valence-electron chi connectivity index (χ1n) is 3.34. The Balaban J connectivity index is 3.39. The maximum Gasteiger partial charge on any atom is 0.338 e. The van der Waals surface area contributed by atoms with Gasteiger partial charge in [-0.3, -0.25) is 0 Å². The van der Waals surface area contributed by atoms with Crippen molar-refractivity contribution < 1.29 is 9.53 Å². The van der Waals surface area contributed by atoms with E-state index in [1.54, 1.807) is 0 Å². The molecule has 0 atom stereocenters. The Morgan fingerprint density at radius 2 is 2.36 bits per heavy atom. The zero-order valence-corrected chi connectivity index (χ0v) is 6.96. The molecule has 0 rings (SSSR count). The molecule has 3 nitrogen and oxygen atoms in total. The fraction of sp³-hybridized carbons (Fsp3) is 0.500. The summed E-state index contributed by atoms with van der Waals surface area (Å²) < 4.78 is 4.75. The normalized spacial score (nSPS) is 9.00. The first-order chi connectivity index (χ1) is 5.16. The van der Waals surface area contributed by atoms with Gasteiger partial charge >= 0.3 is 5.97 Å². The van der Waals surface area contributed by atoms with Crippen molar-refractivity contribution in [2.75, 3.05) is 27.2 Å². The highest BCUT2D eigenvalue weighted by Gasteiger charge is 1.95. The third-order valence-corrected chi connectivity index (χ3v) is 1.00. The van der Waals surface area contributed by atoms with Crippen LogP contribution in [-0.4, -0.2) is 38.1 Å². The highest BCUT2D eigenvalue weighted by Crippen LogP contribution is 1.81. The number of carbonyl (C=O) groups is 1. The van der Waals surface area contributed by atoms with Gasteiger partial charge in [0.25, 0.3) is 0 Å². The summed E-state index contributed by atoms with van der Waals surface area (Å²) in [6.45, 7) is 4.39. The molecular formula is C8H13NO2. The highest BCUT2D eigenvalue weighted by molar-refractivity contribution is 5.81. The van der Waals surface area contributed by atoms with Crippen LogP contribution in [0.2, 0.25) is 0 Å². The molecule has 62 valence electrons. The van der Waals surface area contributed by atoms with Crippen LogP contribution >= 0.6 is 0 Å². The molecule has 0 aliphatic carbocycles. The summed E-state index contributed by atoms with van der Waals surface area (Å²) in [6, 6.07) is 0. The average molecular weight is 155 g/mol. The van der Waals surface area contributed by atoms with E-state index in [-0.39, 0.29) is 5.97 Å². The predicted octanol–water partition coefficient (Wildman–Crippen LogP) is 0.432. The summed E-state index contributed by atoms with van der Waals surface area (Å²) in [7, 11) is 3.83. The highest BCUT2D eigenvalue weighted by atomic mass is 16.5. The molecule has 0 saturated carbocycles. The Bertz CT molecular complexity index is 169. The molecule has 0 aromatic heterocycles. The van der Waals surface area contributed by atoms with Crippen LogP contribution in [0.4, 0.5) is 0 Å². The largest absolute Gasteiger partial charge is 0.461 e. The molecule has 11 heavy (non-hydrogen) atoms. The number of esters is 1. The van der Waals surface area contributed by atoms with Gasteiger partial charge in [-0.1, -0.05) is 6.58 Å². The number of ether oxygens (including phenoxy) is 1. The van der Waals surface area contributed by atoms with Crippen molar-refractivity contribution in [3.63, 3.8) is 0 Å². The first-order valence-corrected chi connectivity index (χ1v) is 3.34. The third-order valence-electron chi connectivity index (χ3n) is 1.00. The van der Waals surface area contributed by atoms with Crippen molar-refractivity contribution in [1.29, 1.82) is 0 Å². The minimum Gasteiger partial charge on any atom is -0.461 e. The molecule has 0 aromatic rings. The van der Waals surface area contributed by atoms with E-state index in [0.717, 1.165) is 6.54 Å². The summed E-state index contributed by atoms with van der Waals surface area (Å²) in [5, 5.41) is 0. The second kappa shape index (κ2) is 5.71. The SMILES string of the molecule is C=C=CC(=O)OCCN(C)C. The minimum absolute atomic E-state index is 0.387. The number of hydrogen-bond donors (Lipinski definition) is 0. The van der Waals surface area contributed by atoms with E-state index >= 15 is 0 Å². The molecule has 0 heterocycles. The Labute approximate surface area is 66.9 Å². The van der Waals surface area contributed by atoms with Gasteiger partial charge in [-0.2, -0.15) is 0 Å². The molecule has 0 aliphatic rings. The molecule has 0 aliphatic heterocycles. The van der Waals surface area contributed by atoms with Gasteiger partial charge in [0.1, 0.15) is 6.61 Å². The molecule has 0 unspecified atom stereocenters. The molecular weight excluding hydrogens is 142 g/mol. The van der Waals surface area contributed by atoms with Crippen molar-refractivity contribution >= 4 is 5.97 Å². The number of likely N-dealkylation sites (N-methyl/N-ethyl adjacent to an activating group) is 1.